The lowest BCUT2D eigenvalue weighted by molar-refractivity contribution is 0.637. The average Bonchev–Trinajstić information content (AvgIpc) is 2.64. The fourth-order valence-electron chi connectivity index (χ4n) is 1.65. The van der Waals surface area contributed by atoms with Crippen LogP contribution in [0, 0.1) is 0 Å². The lowest BCUT2D eigenvalue weighted by Crippen LogP contribution is -2.35. The van der Waals surface area contributed by atoms with E-state index in [1.165, 1.54) is 17.8 Å². The van der Waals surface area contributed by atoms with E-state index in [1.807, 2.05) is 5.38 Å². The minimum Gasteiger partial charge on any atom is -0.357 e. The van der Waals surface area contributed by atoms with Crippen molar-refractivity contribution >= 4 is 28.1 Å². The molecule has 0 radical (unpaired) electrons. The zero-order chi connectivity index (χ0) is 9.26. The highest BCUT2D eigenvalue weighted by Crippen LogP contribution is 2.25. The molecule has 1 heterocycles. The summed E-state index contributed by atoms with van der Waals surface area (Å²) < 4.78 is 0. The molecule has 0 amide bonds. The number of rotatable bonds is 2. The van der Waals surface area contributed by atoms with E-state index in [1.54, 1.807) is 0 Å². The summed E-state index contributed by atoms with van der Waals surface area (Å²) in [6.45, 7) is 0. The molecule has 0 aromatic carbocycles. The van der Waals surface area contributed by atoms with Crippen molar-refractivity contribution in [1.82, 2.24) is 4.98 Å². The van der Waals surface area contributed by atoms with Crippen LogP contribution in [0.2, 0.25) is 5.15 Å². The van der Waals surface area contributed by atoms with E-state index >= 15 is 0 Å². The third-order valence-electron chi connectivity index (χ3n) is 2.35. The van der Waals surface area contributed by atoms with Gasteiger partial charge in [0.05, 0.1) is 0 Å². The molecule has 72 valence electrons. The van der Waals surface area contributed by atoms with Gasteiger partial charge in [0.1, 0.15) is 5.15 Å². The maximum Gasteiger partial charge on any atom is 0.184 e. The molecular weight excluding hydrogens is 206 g/mol. The molecule has 3 nitrogen and oxygen atoms in total. The highest BCUT2D eigenvalue weighted by atomic mass is 35.5. The molecule has 1 aliphatic carbocycles. The molecule has 2 rings (SSSR count). The molecule has 1 aliphatic rings. The van der Waals surface area contributed by atoms with Crippen LogP contribution >= 0.6 is 22.9 Å². The lowest BCUT2D eigenvalue weighted by Gasteiger charge is -2.15. The lowest BCUT2D eigenvalue weighted by atomic mass is 10.2. The Morgan fingerprint density at radius 3 is 3.00 bits per heavy atom. The Morgan fingerprint density at radius 1 is 1.62 bits per heavy atom. The monoisotopic (exact) mass is 217 g/mol. The zero-order valence-electron chi connectivity index (χ0n) is 7.16. The number of nitrogens with zero attached hydrogens (tertiary/aromatic N) is 1. The van der Waals surface area contributed by atoms with Crippen LogP contribution in [0.5, 0.6) is 0 Å². The van der Waals surface area contributed by atoms with Crippen molar-refractivity contribution in [2.75, 3.05) is 5.32 Å². The average molecular weight is 218 g/mol. The predicted octanol–water partition coefficient (Wildman–Crippen LogP) is 2.09. The van der Waals surface area contributed by atoms with Crippen LogP contribution in [0.15, 0.2) is 5.38 Å². The maximum absolute atomic E-state index is 5.91. The number of nitrogens with two attached hydrogens (primary N) is 1. The molecule has 5 heteroatoms. The summed E-state index contributed by atoms with van der Waals surface area (Å²) in [6.07, 6.45) is 3.45. The third kappa shape index (κ3) is 2.13. The van der Waals surface area contributed by atoms with E-state index in [9.17, 15) is 0 Å². The highest BCUT2D eigenvalue weighted by Gasteiger charge is 2.24. The zero-order valence-corrected chi connectivity index (χ0v) is 8.74. The summed E-state index contributed by atoms with van der Waals surface area (Å²) in [7, 11) is 0. The van der Waals surface area contributed by atoms with Gasteiger partial charge < -0.3 is 11.1 Å². The van der Waals surface area contributed by atoms with Gasteiger partial charge >= 0.3 is 0 Å². The smallest absolute Gasteiger partial charge is 0.184 e. The van der Waals surface area contributed by atoms with Gasteiger partial charge in [-0.25, -0.2) is 4.98 Å². The maximum atomic E-state index is 5.91. The molecule has 1 fully saturated rings. The number of nitrogens with one attached hydrogen (secondary N) is 1. The Labute approximate surface area is 86.3 Å². The first-order valence-corrected chi connectivity index (χ1v) is 5.64. The number of anilines is 1. The van der Waals surface area contributed by atoms with Crippen LogP contribution in [-0.2, 0) is 0 Å². The standard InChI is InChI=1S/C8H12ClN3S/c9-7-4-13-8(12-7)11-6-3-1-2-5(6)10/h4-6H,1-3,10H2,(H,11,12). The van der Waals surface area contributed by atoms with Crippen LogP contribution in [-0.4, -0.2) is 17.1 Å². The number of thiazole rings is 1. The number of halogens is 1. The molecule has 0 bridgehead atoms. The van der Waals surface area contributed by atoms with Crippen molar-refractivity contribution in [2.45, 2.75) is 31.3 Å². The van der Waals surface area contributed by atoms with Crippen LogP contribution in [0.3, 0.4) is 0 Å². The predicted molar refractivity (Wildman–Crippen MR) is 56.4 cm³/mol. The summed E-state index contributed by atoms with van der Waals surface area (Å²) in [5.41, 5.74) is 5.91. The molecule has 13 heavy (non-hydrogen) atoms. The molecule has 1 saturated carbocycles. The Morgan fingerprint density at radius 2 is 2.46 bits per heavy atom. The van der Waals surface area contributed by atoms with Gasteiger partial charge in [0.2, 0.25) is 0 Å². The number of aromatic nitrogens is 1. The van der Waals surface area contributed by atoms with Crippen molar-refractivity contribution in [2.24, 2.45) is 5.73 Å². The van der Waals surface area contributed by atoms with Gasteiger partial charge in [0, 0.05) is 17.5 Å². The first-order valence-electron chi connectivity index (χ1n) is 4.39. The summed E-state index contributed by atoms with van der Waals surface area (Å²) in [5, 5.41) is 6.57. The molecule has 2 atom stereocenters. The Kier molecular flexibility index (Phi) is 2.71. The molecule has 1 aromatic rings. The van der Waals surface area contributed by atoms with Crippen LogP contribution in [0.25, 0.3) is 0 Å². The van der Waals surface area contributed by atoms with E-state index in [2.05, 4.69) is 10.3 Å². The van der Waals surface area contributed by atoms with Gasteiger partial charge in [0.15, 0.2) is 5.13 Å². The summed E-state index contributed by atoms with van der Waals surface area (Å²) in [6, 6.07) is 0.643. The second-order valence-electron chi connectivity index (χ2n) is 3.32. The van der Waals surface area contributed by atoms with Gasteiger partial charge in [-0.15, -0.1) is 11.3 Å². The van der Waals surface area contributed by atoms with Crippen LogP contribution in [0.1, 0.15) is 19.3 Å². The summed E-state index contributed by atoms with van der Waals surface area (Å²) in [5.74, 6) is 0. The van der Waals surface area contributed by atoms with Gasteiger partial charge in [-0.05, 0) is 19.3 Å². The number of hydrogen-bond donors (Lipinski definition) is 2. The van der Waals surface area contributed by atoms with E-state index in [-0.39, 0.29) is 6.04 Å². The normalized spacial score (nSPS) is 27.8. The molecular formula is C8H12ClN3S. The SMILES string of the molecule is NC1CCCC1Nc1nc(Cl)cs1. The van der Waals surface area contributed by atoms with Crippen molar-refractivity contribution in [3.8, 4) is 0 Å². The van der Waals surface area contributed by atoms with Gasteiger partial charge in [0.25, 0.3) is 0 Å². The molecule has 1 aromatic heterocycles. The van der Waals surface area contributed by atoms with Crippen LogP contribution in [0.4, 0.5) is 5.13 Å². The second-order valence-corrected chi connectivity index (χ2v) is 4.57. The Hall–Kier alpha value is -0.320. The third-order valence-corrected chi connectivity index (χ3v) is 3.45. The highest BCUT2D eigenvalue weighted by molar-refractivity contribution is 7.14. The number of hydrogen-bond acceptors (Lipinski definition) is 4. The Bertz CT molecular complexity index is 289. The largest absolute Gasteiger partial charge is 0.357 e. The van der Waals surface area contributed by atoms with Crippen molar-refractivity contribution in [3.63, 3.8) is 0 Å². The fourth-order valence-corrected chi connectivity index (χ4v) is 2.55. The van der Waals surface area contributed by atoms with E-state index < -0.39 is 0 Å². The molecule has 0 saturated heterocycles. The van der Waals surface area contributed by atoms with Crippen molar-refractivity contribution in [3.05, 3.63) is 10.5 Å². The minimum absolute atomic E-state index is 0.266. The Balaban J connectivity index is 1.97. The molecule has 2 unspecified atom stereocenters. The molecule has 3 N–H and O–H groups in total. The van der Waals surface area contributed by atoms with Gasteiger partial charge in [-0.3, -0.25) is 0 Å². The second kappa shape index (κ2) is 3.82. The topological polar surface area (TPSA) is 50.9 Å². The van der Waals surface area contributed by atoms with Gasteiger partial charge in [-0.2, -0.15) is 0 Å². The first kappa shape index (κ1) is 9.24. The molecule has 0 spiro atoms. The minimum atomic E-state index is 0.266. The van der Waals surface area contributed by atoms with Crippen molar-refractivity contribution in [1.29, 1.82) is 0 Å². The quantitative estimate of drug-likeness (QED) is 0.798. The summed E-state index contributed by atoms with van der Waals surface area (Å²) in [4.78, 5) is 4.13. The first-order chi connectivity index (χ1) is 6.25. The van der Waals surface area contributed by atoms with Gasteiger partial charge in [-0.1, -0.05) is 11.6 Å². The van der Waals surface area contributed by atoms with Crippen LogP contribution < -0.4 is 11.1 Å². The van der Waals surface area contributed by atoms with E-state index in [0.29, 0.717) is 11.2 Å². The van der Waals surface area contributed by atoms with E-state index in [0.717, 1.165) is 18.0 Å². The summed E-state index contributed by atoms with van der Waals surface area (Å²) >= 11 is 7.24. The fraction of sp³-hybridized carbons (Fsp3) is 0.625. The van der Waals surface area contributed by atoms with Crippen molar-refractivity contribution < 1.29 is 0 Å². The van der Waals surface area contributed by atoms with E-state index in [4.69, 9.17) is 17.3 Å². The molecule has 0 aliphatic heterocycles.